The van der Waals surface area contributed by atoms with Crippen LogP contribution in [0.15, 0.2) is 18.2 Å². The lowest BCUT2D eigenvalue weighted by Crippen LogP contribution is -2.56. The van der Waals surface area contributed by atoms with Crippen molar-refractivity contribution >= 4 is 0 Å². The van der Waals surface area contributed by atoms with Gasteiger partial charge in [0.1, 0.15) is 11.6 Å². The molecule has 1 fully saturated rings. The average Bonchev–Trinajstić information content (AvgIpc) is 2.12. The van der Waals surface area contributed by atoms with Crippen molar-refractivity contribution in [2.75, 3.05) is 20.1 Å². The van der Waals surface area contributed by atoms with Gasteiger partial charge in [-0.1, -0.05) is 0 Å². The summed E-state index contributed by atoms with van der Waals surface area (Å²) in [4.78, 5) is 2.14. The van der Waals surface area contributed by atoms with Gasteiger partial charge in [0.05, 0.1) is 0 Å². The van der Waals surface area contributed by atoms with Gasteiger partial charge in [-0.05, 0) is 31.7 Å². The van der Waals surface area contributed by atoms with Crippen LogP contribution < -0.4 is 5.32 Å². The second-order valence-electron chi connectivity index (χ2n) is 4.36. The Morgan fingerprint density at radius 3 is 2.25 bits per heavy atom. The topological polar surface area (TPSA) is 15.3 Å². The van der Waals surface area contributed by atoms with E-state index in [4.69, 9.17) is 0 Å². The molecule has 0 radical (unpaired) electrons. The molecule has 0 aromatic heterocycles. The minimum absolute atomic E-state index is 0.0253. The molecular formula is C12H16F2N2. The van der Waals surface area contributed by atoms with Crippen LogP contribution in [0.5, 0.6) is 0 Å². The van der Waals surface area contributed by atoms with Gasteiger partial charge in [-0.25, -0.2) is 8.78 Å². The van der Waals surface area contributed by atoms with Crippen LogP contribution in [0.1, 0.15) is 18.5 Å². The normalized spacial score (nSPS) is 18.6. The zero-order chi connectivity index (χ0) is 11.7. The Morgan fingerprint density at radius 1 is 1.25 bits per heavy atom. The second-order valence-corrected chi connectivity index (χ2v) is 4.36. The second kappa shape index (κ2) is 4.47. The highest BCUT2D eigenvalue weighted by molar-refractivity contribution is 5.21. The van der Waals surface area contributed by atoms with Gasteiger partial charge < -0.3 is 5.32 Å². The number of nitrogens with one attached hydrogen (secondary N) is 1. The number of halogens is 2. The van der Waals surface area contributed by atoms with Crippen molar-refractivity contribution in [3.8, 4) is 0 Å². The molecule has 2 rings (SSSR count). The molecule has 1 aliphatic heterocycles. The highest BCUT2D eigenvalue weighted by Crippen LogP contribution is 2.23. The average molecular weight is 226 g/mol. The lowest BCUT2D eigenvalue weighted by Gasteiger charge is -2.39. The maximum absolute atomic E-state index is 13.1. The van der Waals surface area contributed by atoms with Crippen LogP contribution in [0, 0.1) is 11.6 Å². The van der Waals surface area contributed by atoms with E-state index in [0.717, 1.165) is 19.2 Å². The SMILES string of the molecule is CC(c1cc(F)cc(F)c1)N(C)C1CNC1. The summed E-state index contributed by atoms with van der Waals surface area (Å²) in [5.74, 6) is -1.02. The van der Waals surface area contributed by atoms with Gasteiger partial charge in [0.25, 0.3) is 0 Å². The van der Waals surface area contributed by atoms with Crippen LogP contribution in [-0.2, 0) is 0 Å². The predicted octanol–water partition coefficient (Wildman–Crippen LogP) is 1.93. The molecule has 88 valence electrons. The minimum atomic E-state index is -0.512. The van der Waals surface area contributed by atoms with Crippen LogP contribution in [0.3, 0.4) is 0 Å². The molecule has 0 aliphatic carbocycles. The summed E-state index contributed by atoms with van der Waals surface area (Å²) in [7, 11) is 1.99. The summed E-state index contributed by atoms with van der Waals surface area (Å²) in [6.45, 7) is 3.85. The summed E-state index contributed by atoms with van der Waals surface area (Å²) < 4.78 is 26.2. The molecule has 1 aliphatic rings. The third kappa shape index (κ3) is 2.23. The monoisotopic (exact) mass is 226 g/mol. The summed E-state index contributed by atoms with van der Waals surface area (Å²) in [6.07, 6.45) is 0. The first-order valence-corrected chi connectivity index (χ1v) is 5.46. The molecule has 1 saturated heterocycles. The van der Waals surface area contributed by atoms with Crippen molar-refractivity contribution in [3.63, 3.8) is 0 Å². The largest absolute Gasteiger partial charge is 0.314 e. The molecule has 1 N–H and O–H groups in total. The zero-order valence-electron chi connectivity index (χ0n) is 9.50. The van der Waals surface area contributed by atoms with Crippen molar-refractivity contribution in [1.29, 1.82) is 0 Å². The van der Waals surface area contributed by atoms with Crippen molar-refractivity contribution in [1.82, 2.24) is 10.2 Å². The number of hydrogen-bond donors (Lipinski definition) is 1. The molecule has 0 bridgehead atoms. The Kier molecular flexibility index (Phi) is 3.21. The van der Waals surface area contributed by atoms with Gasteiger partial charge in [-0.3, -0.25) is 4.90 Å². The van der Waals surface area contributed by atoms with Crippen molar-refractivity contribution in [2.24, 2.45) is 0 Å². The first-order valence-electron chi connectivity index (χ1n) is 5.46. The Hall–Kier alpha value is -1.00. The summed E-state index contributed by atoms with van der Waals surface area (Å²) in [5.41, 5.74) is 0.687. The molecule has 1 unspecified atom stereocenters. The number of rotatable bonds is 3. The molecule has 0 saturated carbocycles. The van der Waals surface area contributed by atoms with Crippen LogP contribution >= 0.6 is 0 Å². The van der Waals surface area contributed by atoms with E-state index in [2.05, 4.69) is 10.2 Å². The number of hydrogen-bond acceptors (Lipinski definition) is 2. The van der Waals surface area contributed by atoms with Gasteiger partial charge in [0, 0.05) is 31.2 Å². The number of benzene rings is 1. The maximum Gasteiger partial charge on any atom is 0.126 e. The van der Waals surface area contributed by atoms with E-state index in [1.54, 1.807) is 0 Å². The Balaban J connectivity index is 2.15. The van der Waals surface area contributed by atoms with Gasteiger partial charge in [0.2, 0.25) is 0 Å². The fraction of sp³-hybridized carbons (Fsp3) is 0.500. The van der Waals surface area contributed by atoms with Gasteiger partial charge in [-0.15, -0.1) is 0 Å². The van der Waals surface area contributed by atoms with Crippen LogP contribution in [0.25, 0.3) is 0 Å². The predicted molar refractivity (Wildman–Crippen MR) is 59.2 cm³/mol. The quantitative estimate of drug-likeness (QED) is 0.847. The smallest absolute Gasteiger partial charge is 0.126 e. The Bertz CT molecular complexity index is 357. The molecule has 0 spiro atoms. The highest BCUT2D eigenvalue weighted by Gasteiger charge is 2.26. The van der Waals surface area contributed by atoms with Crippen molar-refractivity contribution in [2.45, 2.75) is 19.0 Å². The van der Waals surface area contributed by atoms with Crippen molar-refractivity contribution < 1.29 is 8.78 Å². The summed E-state index contributed by atoms with van der Waals surface area (Å²) in [6, 6.07) is 4.19. The maximum atomic E-state index is 13.1. The fourth-order valence-electron chi connectivity index (χ4n) is 1.93. The Morgan fingerprint density at radius 2 is 1.81 bits per heavy atom. The summed E-state index contributed by atoms with van der Waals surface area (Å²) >= 11 is 0. The Labute approximate surface area is 94.3 Å². The lowest BCUT2D eigenvalue weighted by atomic mass is 10.0. The van der Waals surface area contributed by atoms with Gasteiger partial charge >= 0.3 is 0 Å². The molecule has 1 heterocycles. The molecular weight excluding hydrogens is 210 g/mol. The number of nitrogens with zero attached hydrogens (tertiary/aromatic N) is 1. The van der Waals surface area contributed by atoms with E-state index in [1.165, 1.54) is 12.1 Å². The summed E-state index contributed by atoms with van der Waals surface area (Å²) in [5, 5.41) is 3.18. The molecule has 16 heavy (non-hydrogen) atoms. The van der Waals surface area contributed by atoms with Crippen LogP contribution in [-0.4, -0.2) is 31.1 Å². The van der Waals surface area contributed by atoms with Gasteiger partial charge in [0.15, 0.2) is 0 Å². The van der Waals surface area contributed by atoms with E-state index >= 15 is 0 Å². The van der Waals surface area contributed by atoms with Crippen LogP contribution in [0.2, 0.25) is 0 Å². The minimum Gasteiger partial charge on any atom is -0.314 e. The molecule has 4 heteroatoms. The fourth-order valence-corrected chi connectivity index (χ4v) is 1.93. The molecule has 1 aromatic carbocycles. The van der Waals surface area contributed by atoms with Crippen LogP contribution in [0.4, 0.5) is 8.78 Å². The third-order valence-electron chi connectivity index (χ3n) is 3.31. The van der Waals surface area contributed by atoms with E-state index in [0.29, 0.717) is 11.6 Å². The third-order valence-corrected chi connectivity index (χ3v) is 3.31. The van der Waals surface area contributed by atoms with E-state index in [-0.39, 0.29) is 6.04 Å². The first kappa shape index (κ1) is 11.5. The van der Waals surface area contributed by atoms with Crippen molar-refractivity contribution in [3.05, 3.63) is 35.4 Å². The standard InChI is InChI=1S/C12H16F2N2/c1-8(16(2)12-6-15-7-12)9-3-10(13)5-11(14)4-9/h3-5,8,12,15H,6-7H2,1-2H3. The van der Waals surface area contributed by atoms with E-state index in [9.17, 15) is 8.78 Å². The zero-order valence-corrected chi connectivity index (χ0v) is 9.50. The first-order chi connectivity index (χ1) is 7.58. The molecule has 1 aromatic rings. The number of likely N-dealkylation sites (N-methyl/N-ethyl adjacent to an activating group) is 1. The molecule has 1 atom stereocenters. The lowest BCUT2D eigenvalue weighted by molar-refractivity contribution is 0.136. The highest BCUT2D eigenvalue weighted by atomic mass is 19.1. The molecule has 2 nitrogen and oxygen atoms in total. The molecule has 0 amide bonds. The van der Waals surface area contributed by atoms with E-state index < -0.39 is 11.6 Å². The van der Waals surface area contributed by atoms with E-state index in [1.807, 2.05) is 14.0 Å². The van der Waals surface area contributed by atoms with Gasteiger partial charge in [-0.2, -0.15) is 0 Å².